The van der Waals surface area contributed by atoms with Crippen molar-refractivity contribution < 1.29 is 9.15 Å². The van der Waals surface area contributed by atoms with Crippen molar-refractivity contribution in [3.8, 4) is 11.3 Å². The molecule has 2 fully saturated rings. The molecule has 0 unspecified atom stereocenters. The number of hydrogen-bond donors (Lipinski definition) is 0. The summed E-state index contributed by atoms with van der Waals surface area (Å²) in [5.41, 5.74) is 0.732. The molecule has 0 atom stereocenters. The Labute approximate surface area is 201 Å². The van der Waals surface area contributed by atoms with Crippen molar-refractivity contribution in [3.05, 3.63) is 46.1 Å². The lowest BCUT2D eigenvalue weighted by molar-refractivity contribution is 0.122. The number of rotatable bonds is 6. The molecule has 9 nitrogen and oxygen atoms in total. The molecule has 4 heterocycles. The van der Waals surface area contributed by atoms with Gasteiger partial charge >= 0.3 is 0 Å². The molecule has 0 bridgehead atoms. The minimum absolute atomic E-state index is 0.246. The van der Waals surface area contributed by atoms with Crippen LogP contribution in [-0.2, 0) is 11.3 Å². The van der Waals surface area contributed by atoms with Crippen LogP contribution in [0.4, 0.5) is 17.8 Å². The fourth-order valence-electron chi connectivity index (χ4n) is 3.82. The zero-order valence-electron chi connectivity index (χ0n) is 18.0. The van der Waals surface area contributed by atoms with E-state index >= 15 is 0 Å². The van der Waals surface area contributed by atoms with Gasteiger partial charge in [0.05, 0.1) is 23.3 Å². The summed E-state index contributed by atoms with van der Waals surface area (Å²) in [7, 11) is 0. The Bertz CT molecular complexity index is 1140. The van der Waals surface area contributed by atoms with E-state index < -0.39 is 0 Å². The lowest BCUT2D eigenvalue weighted by atomic mass is 10.2. The summed E-state index contributed by atoms with van der Waals surface area (Å²) in [5, 5.41) is 9.48. The maximum Gasteiger partial charge on any atom is 0.275 e. The van der Waals surface area contributed by atoms with Gasteiger partial charge in [0.15, 0.2) is 0 Å². The Morgan fingerprint density at radius 1 is 0.879 bits per heavy atom. The molecule has 0 N–H and O–H groups in total. The van der Waals surface area contributed by atoms with Crippen LogP contribution in [0.25, 0.3) is 11.3 Å². The minimum atomic E-state index is 0.246. The van der Waals surface area contributed by atoms with Gasteiger partial charge in [0, 0.05) is 31.7 Å². The van der Waals surface area contributed by atoms with Gasteiger partial charge in [0.1, 0.15) is 18.1 Å². The molecule has 11 heteroatoms. The normalized spacial score (nSPS) is 16.8. The maximum absolute atomic E-state index is 6.30. The molecule has 3 aromatic rings. The van der Waals surface area contributed by atoms with Crippen molar-refractivity contribution in [2.24, 2.45) is 10.2 Å². The molecule has 2 saturated heterocycles. The van der Waals surface area contributed by atoms with Crippen LogP contribution in [0.15, 0.2) is 45.0 Å². The van der Waals surface area contributed by atoms with Crippen molar-refractivity contribution in [1.29, 1.82) is 0 Å². The highest BCUT2D eigenvalue weighted by Crippen LogP contribution is 2.34. The molecule has 172 valence electrons. The maximum atomic E-state index is 6.30. The molecule has 33 heavy (non-hydrogen) atoms. The molecular formula is C22H23Cl2N7O2. The third kappa shape index (κ3) is 5.10. The number of anilines is 2. The van der Waals surface area contributed by atoms with Gasteiger partial charge in [0.25, 0.3) is 5.95 Å². The fraction of sp³-hybridized carbons (Fsp3) is 0.409. The van der Waals surface area contributed by atoms with E-state index in [0.29, 0.717) is 46.7 Å². The smallest absolute Gasteiger partial charge is 0.275 e. The van der Waals surface area contributed by atoms with E-state index in [2.05, 4.69) is 35.0 Å². The second kappa shape index (κ2) is 10.0. The van der Waals surface area contributed by atoms with Gasteiger partial charge in [-0.25, -0.2) is 0 Å². The average molecular weight is 488 g/mol. The first kappa shape index (κ1) is 22.1. The average Bonchev–Trinajstić information content (AvgIpc) is 3.54. The molecule has 0 spiro atoms. The van der Waals surface area contributed by atoms with Crippen molar-refractivity contribution >= 4 is 41.0 Å². The first-order chi connectivity index (χ1) is 16.2. The summed E-state index contributed by atoms with van der Waals surface area (Å²) in [6.07, 6.45) is 2.26. The summed E-state index contributed by atoms with van der Waals surface area (Å²) in [5.74, 6) is 2.82. The quantitative estimate of drug-likeness (QED) is 0.443. The van der Waals surface area contributed by atoms with Crippen LogP contribution in [0.3, 0.4) is 0 Å². The van der Waals surface area contributed by atoms with Crippen LogP contribution in [0.1, 0.15) is 18.6 Å². The van der Waals surface area contributed by atoms with Gasteiger partial charge in [-0.15, -0.1) is 5.11 Å². The summed E-state index contributed by atoms with van der Waals surface area (Å²) in [6.45, 7) is 4.89. The Morgan fingerprint density at radius 2 is 1.61 bits per heavy atom. The predicted octanol–water partition coefficient (Wildman–Crippen LogP) is 5.16. The molecule has 2 aromatic heterocycles. The lowest BCUT2D eigenvalue weighted by Gasteiger charge is -2.27. The van der Waals surface area contributed by atoms with Crippen molar-refractivity contribution in [2.75, 3.05) is 49.2 Å². The lowest BCUT2D eigenvalue weighted by Crippen LogP contribution is -2.37. The molecule has 5 rings (SSSR count). The summed E-state index contributed by atoms with van der Waals surface area (Å²) < 4.78 is 11.3. The van der Waals surface area contributed by atoms with Gasteiger partial charge < -0.3 is 19.0 Å². The van der Waals surface area contributed by atoms with Crippen LogP contribution >= 0.6 is 23.2 Å². The summed E-state index contributed by atoms with van der Waals surface area (Å²) in [6, 6.07) is 9.11. The number of halogens is 2. The van der Waals surface area contributed by atoms with Crippen LogP contribution in [0.5, 0.6) is 0 Å². The van der Waals surface area contributed by atoms with Gasteiger partial charge in [-0.2, -0.15) is 20.1 Å². The number of hydrogen-bond acceptors (Lipinski definition) is 9. The van der Waals surface area contributed by atoms with E-state index in [1.165, 1.54) is 0 Å². The Morgan fingerprint density at radius 3 is 2.36 bits per heavy atom. The van der Waals surface area contributed by atoms with E-state index in [1.54, 1.807) is 6.07 Å². The first-order valence-electron chi connectivity index (χ1n) is 10.9. The molecule has 0 radical (unpaired) electrons. The van der Waals surface area contributed by atoms with E-state index in [0.717, 1.165) is 44.6 Å². The van der Waals surface area contributed by atoms with Crippen LogP contribution in [0, 0.1) is 0 Å². The molecule has 2 aliphatic rings. The van der Waals surface area contributed by atoms with E-state index in [1.807, 2.05) is 24.3 Å². The Kier molecular flexibility index (Phi) is 6.70. The third-order valence-corrected chi connectivity index (χ3v) is 6.37. The minimum Gasteiger partial charge on any atom is -0.459 e. The number of azo groups is 1. The number of furan rings is 1. The van der Waals surface area contributed by atoms with Crippen LogP contribution < -0.4 is 9.80 Å². The zero-order valence-corrected chi connectivity index (χ0v) is 19.5. The summed E-state index contributed by atoms with van der Waals surface area (Å²) >= 11 is 12.4. The Hall–Kier alpha value is -2.75. The fourth-order valence-corrected chi connectivity index (χ4v) is 4.22. The van der Waals surface area contributed by atoms with Crippen LogP contribution in [-0.4, -0.2) is 54.3 Å². The molecular weight excluding hydrogens is 465 g/mol. The topological polar surface area (TPSA) is 92.2 Å². The van der Waals surface area contributed by atoms with E-state index in [4.69, 9.17) is 32.4 Å². The second-order valence-electron chi connectivity index (χ2n) is 7.80. The van der Waals surface area contributed by atoms with Gasteiger partial charge in [-0.3, -0.25) is 0 Å². The van der Waals surface area contributed by atoms with Crippen molar-refractivity contribution in [1.82, 2.24) is 15.0 Å². The van der Waals surface area contributed by atoms with E-state index in [9.17, 15) is 0 Å². The highest BCUT2D eigenvalue weighted by atomic mass is 35.5. The summed E-state index contributed by atoms with van der Waals surface area (Å²) in [4.78, 5) is 18.0. The second-order valence-corrected chi connectivity index (χ2v) is 8.58. The van der Waals surface area contributed by atoms with E-state index in [-0.39, 0.29) is 12.5 Å². The number of aromatic nitrogens is 3. The first-order valence-corrected chi connectivity index (χ1v) is 11.7. The SMILES string of the molecule is Clc1cccc(-c2ccc(CN=Nc3nc(N4CCCC4)nc(N4CCOCC4)n3)o2)c1Cl. The largest absolute Gasteiger partial charge is 0.459 e. The van der Waals surface area contributed by atoms with Crippen LogP contribution in [0.2, 0.25) is 10.0 Å². The molecule has 0 aliphatic carbocycles. The Balaban J connectivity index is 1.34. The number of benzene rings is 1. The number of ether oxygens (including phenoxy) is 1. The number of morpholine rings is 1. The zero-order chi connectivity index (χ0) is 22.6. The highest BCUT2D eigenvalue weighted by molar-refractivity contribution is 6.43. The van der Waals surface area contributed by atoms with Gasteiger partial charge in [0.2, 0.25) is 11.9 Å². The standard InChI is InChI=1S/C22H23Cl2N7O2/c23-17-5-3-4-16(19(17)24)18-7-6-15(33-18)14-25-29-20-26-21(30-8-1-2-9-30)28-22(27-20)31-10-12-32-13-11-31/h3-7H,1-2,8-14H2. The molecule has 0 amide bonds. The molecule has 1 aromatic carbocycles. The monoisotopic (exact) mass is 487 g/mol. The molecule has 0 saturated carbocycles. The van der Waals surface area contributed by atoms with Gasteiger partial charge in [-0.05, 0) is 37.1 Å². The van der Waals surface area contributed by atoms with Crippen molar-refractivity contribution in [3.63, 3.8) is 0 Å². The molecule has 2 aliphatic heterocycles. The van der Waals surface area contributed by atoms with Crippen molar-refractivity contribution in [2.45, 2.75) is 19.4 Å². The predicted molar refractivity (Wildman–Crippen MR) is 127 cm³/mol. The highest BCUT2D eigenvalue weighted by Gasteiger charge is 2.21. The number of nitrogens with zero attached hydrogens (tertiary/aromatic N) is 7. The van der Waals surface area contributed by atoms with Gasteiger partial charge in [-0.1, -0.05) is 29.3 Å². The third-order valence-electron chi connectivity index (χ3n) is 5.55.